The smallest absolute Gasteiger partial charge is 0.304 e. The molecule has 0 saturated carbocycles. The Morgan fingerprint density at radius 1 is 0.946 bits per heavy atom. The summed E-state index contributed by atoms with van der Waals surface area (Å²) in [5, 5.41) is 18.4. The summed E-state index contributed by atoms with van der Waals surface area (Å²) in [5.74, 6) is -0.486. The number of piperidine rings is 1. The molecule has 2 N–H and O–H groups in total. The molecule has 3 heterocycles. The number of hydrogen-bond donors (Lipinski definition) is 2. The molecule has 9 heteroatoms. The van der Waals surface area contributed by atoms with E-state index in [0.29, 0.717) is 22.5 Å². The largest absolute Gasteiger partial charge is 0.371 e. The van der Waals surface area contributed by atoms with Crippen LogP contribution < -0.4 is 15.6 Å². The fourth-order valence-corrected chi connectivity index (χ4v) is 4.86. The topological polar surface area (TPSA) is 114 Å². The molecule has 0 aliphatic carbocycles. The predicted octanol–water partition coefficient (Wildman–Crippen LogP) is 4.50. The molecule has 3 aromatic rings. The van der Waals surface area contributed by atoms with Gasteiger partial charge in [0.25, 0.3) is 5.91 Å². The number of hydrogen-bond acceptors (Lipinski definition) is 7. The van der Waals surface area contributed by atoms with Gasteiger partial charge >= 0.3 is 5.91 Å². The van der Waals surface area contributed by atoms with Crippen LogP contribution in [-0.2, 0) is 0 Å². The van der Waals surface area contributed by atoms with Gasteiger partial charge in [-0.15, -0.1) is 0 Å². The van der Waals surface area contributed by atoms with Crippen molar-refractivity contribution in [2.75, 3.05) is 36.4 Å². The molecule has 2 amide bonds. The van der Waals surface area contributed by atoms with Crippen molar-refractivity contribution in [3.63, 3.8) is 0 Å². The van der Waals surface area contributed by atoms with Gasteiger partial charge in [0.05, 0.1) is 11.6 Å². The lowest BCUT2D eigenvalue weighted by molar-refractivity contribution is 0.0712. The van der Waals surface area contributed by atoms with Crippen LogP contribution in [0.1, 0.15) is 64.1 Å². The molecule has 2 aliphatic rings. The normalized spacial score (nSPS) is 15.8. The lowest BCUT2D eigenvalue weighted by Crippen LogP contribution is -2.44. The minimum absolute atomic E-state index is 0.136. The summed E-state index contributed by atoms with van der Waals surface area (Å²) in [6, 6.07) is 14.6. The number of benzene rings is 2. The van der Waals surface area contributed by atoms with E-state index in [-0.39, 0.29) is 17.6 Å². The minimum Gasteiger partial charge on any atom is -0.371 e. The van der Waals surface area contributed by atoms with Crippen LogP contribution in [0.2, 0.25) is 0 Å². The molecule has 0 spiro atoms. The number of hydrazine groups is 1. The Labute approximate surface area is 216 Å². The molecule has 190 valence electrons. The van der Waals surface area contributed by atoms with Crippen molar-refractivity contribution in [1.82, 2.24) is 15.6 Å². The summed E-state index contributed by atoms with van der Waals surface area (Å²) in [6.45, 7) is 5.43. The molecular weight excluding hydrogens is 468 g/mol. The van der Waals surface area contributed by atoms with Gasteiger partial charge in [-0.3, -0.25) is 15.0 Å². The summed E-state index contributed by atoms with van der Waals surface area (Å²) in [7, 11) is 0. The van der Waals surface area contributed by atoms with Crippen molar-refractivity contribution in [3.05, 3.63) is 64.9 Å². The number of amides is 2. The predicted molar refractivity (Wildman–Crippen MR) is 140 cm³/mol. The highest BCUT2D eigenvalue weighted by molar-refractivity contribution is 6.05. The van der Waals surface area contributed by atoms with Gasteiger partial charge in [-0.1, -0.05) is 17.6 Å². The molecule has 0 radical (unpaired) electrons. The van der Waals surface area contributed by atoms with Crippen LogP contribution in [-0.4, -0.2) is 48.2 Å². The van der Waals surface area contributed by atoms with E-state index < -0.39 is 0 Å². The number of carbonyl (C=O) groups excluding carboxylic acids is 2. The number of aromatic nitrogens is 1. The maximum Gasteiger partial charge on any atom is 0.304 e. The van der Waals surface area contributed by atoms with E-state index in [9.17, 15) is 14.9 Å². The first kappa shape index (κ1) is 24.5. The SMILES string of the molecule is Cc1ccc(NC(=O)c2cc(C#N)cc(N3CCCC3)c2)cc1-c1cc(C(=O)NN2CCCCC2)on1. The Bertz CT molecular complexity index is 1350. The first-order valence-corrected chi connectivity index (χ1v) is 12.8. The van der Waals surface area contributed by atoms with Crippen LogP contribution in [0.3, 0.4) is 0 Å². The van der Waals surface area contributed by atoms with Crippen molar-refractivity contribution < 1.29 is 14.1 Å². The van der Waals surface area contributed by atoms with Gasteiger partial charge in [0.15, 0.2) is 0 Å². The van der Waals surface area contributed by atoms with Crippen LogP contribution in [0.15, 0.2) is 47.0 Å². The minimum atomic E-state index is -0.325. The third kappa shape index (κ3) is 5.65. The van der Waals surface area contributed by atoms with E-state index in [1.165, 1.54) is 6.42 Å². The van der Waals surface area contributed by atoms with Crippen molar-refractivity contribution in [2.45, 2.75) is 39.0 Å². The van der Waals surface area contributed by atoms with Gasteiger partial charge in [-0.2, -0.15) is 5.26 Å². The van der Waals surface area contributed by atoms with Crippen molar-refractivity contribution in [2.24, 2.45) is 0 Å². The number of aryl methyl sites for hydroxylation is 1. The average molecular weight is 499 g/mol. The Balaban J connectivity index is 1.32. The summed E-state index contributed by atoms with van der Waals surface area (Å²) in [5.41, 5.74) is 7.44. The van der Waals surface area contributed by atoms with Gasteiger partial charge in [0.1, 0.15) is 5.69 Å². The van der Waals surface area contributed by atoms with Crippen LogP contribution in [0.4, 0.5) is 11.4 Å². The lowest BCUT2D eigenvalue weighted by Gasteiger charge is -2.26. The third-order valence-electron chi connectivity index (χ3n) is 6.90. The van der Waals surface area contributed by atoms with E-state index in [1.807, 2.05) is 42.3 Å². The second-order valence-corrected chi connectivity index (χ2v) is 9.62. The molecule has 0 unspecified atom stereocenters. The maximum atomic E-state index is 13.1. The first-order chi connectivity index (χ1) is 18.0. The molecule has 37 heavy (non-hydrogen) atoms. The van der Waals surface area contributed by atoms with E-state index in [4.69, 9.17) is 4.52 Å². The first-order valence-electron chi connectivity index (χ1n) is 12.8. The van der Waals surface area contributed by atoms with E-state index in [2.05, 4.69) is 26.9 Å². The third-order valence-corrected chi connectivity index (χ3v) is 6.90. The summed E-state index contributed by atoms with van der Waals surface area (Å²) in [6.07, 6.45) is 5.50. The number of nitriles is 1. The van der Waals surface area contributed by atoms with Crippen LogP contribution in [0, 0.1) is 18.3 Å². The standard InChI is InChI=1S/C28H30N6O3/c1-19-7-8-22(30-27(35)21-13-20(18-29)14-23(15-21)33-9-5-6-10-33)16-24(19)25-17-26(37-32-25)28(36)31-34-11-3-2-4-12-34/h7-8,13-17H,2-6,9-12H2,1H3,(H,30,35)(H,31,36). The van der Waals surface area contributed by atoms with Crippen LogP contribution >= 0.6 is 0 Å². The molecule has 1 aromatic heterocycles. The molecule has 2 fully saturated rings. The maximum absolute atomic E-state index is 13.1. The van der Waals surface area contributed by atoms with Gasteiger partial charge in [0.2, 0.25) is 5.76 Å². The average Bonchev–Trinajstić information content (AvgIpc) is 3.63. The van der Waals surface area contributed by atoms with Gasteiger partial charge in [0, 0.05) is 54.7 Å². The number of nitrogens with zero attached hydrogens (tertiary/aromatic N) is 4. The Kier molecular flexibility index (Phi) is 7.19. The fraction of sp³-hybridized carbons (Fsp3) is 0.357. The molecule has 5 rings (SSSR count). The lowest BCUT2D eigenvalue weighted by atomic mass is 10.0. The Morgan fingerprint density at radius 2 is 1.70 bits per heavy atom. The van der Waals surface area contributed by atoms with Crippen molar-refractivity contribution in [1.29, 1.82) is 5.26 Å². The molecule has 0 atom stereocenters. The van der Waals surface area contributed by atoms with Gasteiger partial charge in [-0.05, 0) is 68.5 Å². The molecule has 0 bridgehead atoms. The van der Waals surface area contributed by atoms with E-state index in [0.717, 1.165) is 68.7 Å². The number of nitrogens with one attached hydrogen (secondary N) is 2. The van der Waals surface area contributed by atoms with E-state index >= 15 is 0 Å². The zero-order chi connectivity index (χ0) is 25.8. The number of rotatable bonds is 6. The summed E-state index contributed by atoms with van der Waals surface area (Å²) >= 11 is 0. The number of carbonyl (C=O) groups is 2. The quantitative estimate of drug-likeness (QED) is 0.514. The summed E-state index contributed by atoms with van der Waals surface area (Å²) < 4.78 is 5.34. The molecule has 2 saturated heterocycles. The summed E-state index contributed by atoms with van der Waals surface area (Å²) in [4.78, 5) is 28.0. The van der Waals surface area contributed by atoms with Gasteiger partial charge in [-0.25, -0.2) is 5.01 Å². The monoisotopic (exact) mass is 498 g/mol. The highest BCUT2D eigenvalue weighted by Gasteiger charge is 2.20. The highest BCUT2D eigenvalue weighted by Crippen LogP contribution is 2.28. The van der Waals surface area contributed by atoms with Crippen molar-refractivity contribution in [3.8, 4) is 17.3 Å². The van der Waals surface area contributed by atoms with Crippen molar-refractivity contribution >= 4 is 23.2 Å². The second-order valence-electron chi connectivity index (χ2n) is 9.62. The molecule has 2 aromatic carbocycles. The second kappa shape index (κ2) is 10.8. The fourth-order valence-electron chi connectivity index (χ4n) is 4.86. The van der Waals surface area contributed by atoms with E-state index in [1.54, 1.807) is 12.1 Å². The van der Waals surface area contributed by atoms with Gasteiger partial charge < -0.3 is 14.7 Å². The molecular formula is C28H30N6O3. The van der Waals surface area contributed by atoms with Crippen LogP contribution in [0.25, 0.3) is 11.3 Å². The zero-order valence-electron chi connectivity index (χ0n) is 20.9. The molecule has 2 aliphatic heterocycles. The highest BCUT2D eigenvalue weighted by atomic mass is 16.5. The molecule has 9 nitrogen and oxygen atoms in total. The van der Waals surface area contributed by atoms with Crippen LogP contribution in [0.5, 0.6) is 0 Å². The Hall–Kier alpha value is -4.16. The number of anilines is 2. The zero-order valence-corrected chi connectivity index (χ0v) is 20.9. The Morgan fingerprint density at radius 3 is 2.46 bits per heavy atom.